The smallest absolute Gasteiger partial charge is 0.219 e. The van der Waals surface area contributed by atoms with E-state index >= 15 is 0 Å². The predicted molar refractivity (Wildman–Crippen MR) is 118 cm³/mol. The summed E-state index contributed by atoms with van der Waals surface area (Å²) in [5, 5.41) is 24.2. The van der Waals surface area contributed by atoms with Gasteiger partial charge in [0.15, 0.2) is 5.82 Å². The molecule has 4 rings (SSSR count). The number of hydrogen-bond acceptors (Lipinski definition) is 6. The largest absolute Gasteiger partial charge is 0.396 e. The van der Waals surface area contributed by atoms with Crippen molar-refractivity contribution < 1.29 is 19.4 Å². The van der Waals surface area contributed by atoms with Crippen LogP contribution in [0.15, 0.2) is 36.5 Å². The minimum Gasteiger partial charge on any atom is -0.396 e. The van der Waals surface area contributed by atoms with E-state index in [0.29, 0.717) is 24.2 Å². The zero-order valence-electron chi connectivity index (χ0n) is 18.3. The molecule has 32 heavy (non-hydrogen) atoms. The molecule has 1 amide bonds. The number of halogens is 1. The average molecular weight is 443 g/mol. The van der Waals surface area contributed by atoms with Gasteiger partial charge >= 0.3 is 0 Å². The molecule has 1 saturated heterocycles. The summed E-state index contributed by atoms with van der Waals surface area (Å²) in [5.41, 5.74) is 1.11. The number of hydrogen-bond donors (Lipinski definition) is 3. The quantitative estimate of drug-likeness (QED) is 0.631. The lowest BCUT2D eigenvalue weighted by Crippen LogP contribution is -2.49. The Morgan fingerprint density at radius 1 is 1.22 bits per heavy atom. The molecule has 2 heterocycles. The molecule has 2 aromatic rings. The Hall–Kier alpha value is -2.42. The van der Waals surface area contributed by atoms with Crippen molar-refractivity contribution in [1.29, 1.82) is 0 Å². The second-order valence-electron chi connectivity index (χ2n) is 8.92. The lowest BCUT2D eigenvalue weighted by molar-refractivity contribution is -0.129. The van der Waals surface area contributed by atoms with Crippen LogP contribution in [0.2, 0.25) is 0 Å². The van der Waals surface area contributed by atoms with Gasteiger partial charge in [0, 0.05) is 56.5 Å². The Balaban J connectivity index is 1.48. The predicted octanol–water partition coefficient (Wildman–Crippen LogP) is 1.78. The van der Waals surface area contributed by atoms with Crippen LogP contribution in [0.1, 0.15) is 31.9 Å². The van der Waals surface area contributed by atoms with Crippen molar-refractivity contribution in [1.82, 2.24) is 20.2 Å². The van der Waals surface area contributed by atoms with Gasteiger partial charge in [-0.2, -0.15) is 0 Å². The van der Waals surface area contributed by atoms with Gasteiger partial charge in [0.2, 0.25) is 5.91 Å². The monoisotopic (exact) mass is 442 g/mol. The molecule has 8 heteroatoms. The molecule has 1 aromatic heterocycles. The number of carbonyl (C=O) groups excluding carboxylic acids is 1. The molecule has 2 fully saturated rings. The normalized spacial score (nSPS) is 26.4. The lowest BCUT2D eigenvalue weighted by Gasteiger charge is -2.35. The van der Waals surface area contributed by atoms with Crippen LogP contribution in [0.25, 0.3) is 11.4 Å². The van der Waals surface area contributed by atoms with Crippen LogP contribution in [0.5, 0.6) is 0 Å². The maximum atomic E-state index is 14.2. The molecule has 172 valence electrons. The van der Waals surface area contributed by atoms with Crippen LogP contribution in [0, 0.1) is 17.7 Å². The molecule has 0 unspecified atom stereocenters. The summed E-state index contributed by atoms with van der Waals surface area (Å²) in [6, 6.07) is 8.53. The molecule has 1 aromatic carbocycles. The van der Waals surface area contributed by atoms with Gasteiger partial charge < -0.3 is 20.4 Å². The average Bonchev–Trinajstić information content (AvgIpc) is 3.08. The van der Waals surface area contributed by atoms with Crippen LogP contribution >= 0.6 is 0 Å². The first kappa shape index (κ1) is 22.8. The molecule has 0 bridgehead atoms. The highest BCUT2D eigenvalue weighted by molar-refractivity contribution is 5.73. The number of rotatable bonds is 6. The fourth-order valence-electron chi connectivity index (χ4n) is 5.12. The number of nitrogens with zero attached hydrogens (tertiary/aromatic N) is 3. The van der Waals surface area contributed by atoms with Crippen molar-refractivity contribution in [3.8, 4) is 11.4 Å². The molecule has 0 radical (unpaired) electrons. The van der Waals surface area contributed by atoms with Crippen LogP contribution in [0.4, 0.5) is 4.39 Å². The van der Waals surface area contributed by atoms with Gasteiger partial charge in [0.05, 0.1) is 11.7 Å². The number of likely N-dealkylation sites (tertiary alicyclic amines) is 1. The number of amides is 1. The molecule has 1 aliphatic carbocycles. The summed E-state index contributed by atoms with van der Waals surface area (Å²) in [5.74, 6) is -0.195. The molecule has 4 atom stereocenters. The summed E-state index contributed by atoms with van der Waals surface area (Å²) in [6.45, 7) is 2.96. The van der Waals surface area contributed by atoms with E-state index in [1.165, 1.54) is 6.07 Å². The number of aliphatic hydroxyl groups excluding tert-OH is 2. The molecule has 3 N–H and O–H groups in total. The third-order valence-electron chi connectivity index (χ3n) is 6.93. The number of benzene rings is 1. The first-order valence-corrected chi connectivity index (χ1v) is 11.3. The maximum absolute atomic E-state index is 14.2. The summed E-state index contributed by atoms with van der Waals surface area (Å²) < 4.78 is 14.2. The van der Waals surface area contributed by atoms with E-state index < -0.39 is 6.10 Å². The summed E-state index contributed by atoms with van der Waals surface area (Å²) >= 11 is 0. The number of nitrogens with one attached hydrogen (secondary N) is 1. The summed E-state index contributed by atoms with van der Waals surface area (Å²) in [4.78, 5) is 22.3. The van der Waals surface area contributed by atoms with Gasteiger partial charge in [0.1, 0.15) is 5.82 Å². The van der Waals surface area contributed by atoms with Gasteiger partial charge in [-0.15, -0.1) is 0 Å². The third-order valence-corrected chi connectivity index (χ3v) is 6.93. The minimum atomic E-state index is -0.590. The second kappa shape index (κ2) is 10.0. The van der Waals surface area contributed by atoms with Crippen LogP contribution in [0.3, 0.4) is 0 Å². The Morgan fingerprint density at radius 2 is 1.97 bits per heavy atom. The molecule has 2 aliphatic rings. The van der Waals surface area contributed by atoms with Crippen LogP contribution < -0.4 is 5.32 Å². The molecular weight excluding hydrogens is 411 g/mol. The zero-order chi connectivity index (χ0) is 22.7. The van der Waals surface area contributed by atoms with Crippen molar-refractivity contribution >= 4 is 5.91 Å². The van der Waals surface area contributed by atoms with E-state index in [4.69, 9.17) is 0 Å². The highest BCUT2D eigenvalue weighted by Gasteiger charge is 2.43. The molecule has 7 nitrogen and oxygen atoms in total. The highest BCUT2D eigenvalue weighted by atomic mass is 19.1. The fraction of sp³-hybridized carbons (Fsp3) is 0.542. The first-order valence-electron chi connectivity index (χ1n) is 11.3. The van der Waals surface area contributed by atoms with Gasteiger partial charge in [-0.3, -0.25) is 4.79 Å². The van der Waals surface area contributed by atoms with Gasteiger partial charge in [0.25, 0.3) is 0 Å². The Morgan fingerprint density at radius 3 is 2.66 bits per heavy atom. The Kier molecular flexibility index (Phi) is 7.13. The number of piperidine rings is 1. The second-order valence-corrected chi connectivity index (χ2v) is 8.92. The molecule has 0 spiro atoms. The van der Waals surface area contributed by atoms with Crippen molar-refractivity contribution in [2.75, 3.05) is 19.7 Å². The summed E-state index contributed by atoms with van der Waals surface area (Å²) in [7, 11) is 0. The van der Waals surface area contributed by atoms with Gasteiger partial charge in [-0.05, 0) is 49.8 Å². The van der Waals surface area contributed by atoms with E-state index in [1.54, 1.807) is 31.3 Å². The maximum Gasteiger partial charge on any atom is 0.219 e. The summed E-state index contributed by atoms with van der Waals surface area (Å²) in [6.07, 6.45) is 3.89. The SMILES string of the molecule is CC(=O)N1CCC(N[C@@H]2C[C@@H](O)[C@H](CO)[C@H]2Cc2ccnc(-c3ccccc3F)n2)CC1. The van der Waals surface area contributed by atoms with Crippen molar-refractivity contribution in [2.45, 2.75) is 50.8 Å². The van der Waals surface area contributed by atoms with E-state index in [-0.39, 0.29) is 42.3 Å². The number of carbonyl (C=O) groups is 1. The lowest BCUT2D eigenvalue weighted by atomic mass is 9.88. The number of aromatic nitrogens is 2. The zero-order valence-corrected chi connectivity index (χ0v) is 18.3. The van der Waals surface area contributed by atoms with E-state index in [0.717, 1.165) is 31.6 Å². The Bertz CT molecular complexity index is 935. The van der Waals surface area contributed by atoms with Crippen molar-refractivity contribution in [3.05, 3.63) is 48.0 Å². The molecule has 1 saturated carbocycles. The fourth-order valence-corrected chi connectivity index (χ4v) is 5.12. The van der Waals surface area contributed by atoms with E-state index in [1.807, 2.05) is 11.0 Å². The van der Waals surface area contributed by atoms with E-state index in [9.17, 15) is 19.4 Å². The minimum absolute atomic E-state index is 0.00999. The van der Waals surface area contributed by atoms with Gasteiger partial charge in [-0.25, -0.2) is 14.4 Å². The van der Waals surface area contributed by atoms with Crippen molar-refractivity contribution in [2.24, 2.45) is 11.8 Å². The van der Waals surface area contributed by atoms with Crippen LogP contribution in [-0.4, -0.2) is 68.9 Å². The number of aliphatic hydroxyl groups is 2. The highest BCUT2D eigenvalue weighted by Crippen LogP contribution is 2.35. The molecule has 1 aliphatic heterocycles. The molecular formula is C24H31FN4O3. The first-order chi connectivity index (χ1) is 15.5. The van der Waals surface area contributed by atoms with Crippen molar-refractivity contribution in [3.63, 3.8) is 0 Å². The van der Waals surface area contributed by atoms with Crippen LogP contribution in [-0.2, 0) is 11.2 Å². The Labute approximate surface area is 187 Å². The topological polar surface area (TPSA) is 98.6 Å². The standard InChI is InChI=1S/C24H31FN4O3/c1-15(31)29-10-7-16(8-11-29)27-22-13-23(32)20(14-30)19(22)12-17-6-9-26-24(28-17)18-4-2-3-5-21(18)25/h2-6,9,16,19-20,22-23,27,30,32H,7-8,10-14H2,1H3/t19-,20-,22-,23-/m1/s1. The van der Waals surface area contributed by atoms with E-state index in [2.05, 4.69) is 15.3 Å². The third kappa shape index (κ3) is 4.98. The van der Waals surface area contributed by atoms with Gasteiger partial charge in [-0.1, -0.05) is 12.1 Å².